The number of methoxy groups -OCH3 is 1. The summed E-state index contributed by atoms with van der Waals surface area (Å²) in [5.41, 5.74) is 1.44. The van der Waals surface area contributed by atoms with Crippen molar-refractivity contribution in [3.05, 3.63) is 99.9 Å². The van der Waals surface area contributed by atoms with E-state index in [2.05, 4.69) is 4.99 Å². The molecule has 1 heterocycles. The van der Waals surface area contributed by atoms with Gasteiger partial charge in [-0.25, -0.2) is 8.78 Å². The van der Waals surface area contributed by atoms with Crippen LogP contribution in [0.15, 0.2) is 71.7 Å². The molecule has 5 nitrogen and oxygen atoms in total. The molecule has 0 radical (unpaired) electrons. The van der Waals surface area contributed by atoms with Gasteiger partial charge in [-0.15, -0.1) is 0 Å². The van der Waals surface area contributed by atoms with E-state index in [0.717, 1.165) is 17.4 Å². The van der Waals surface area contributed by atoms with Crippen LogP contribution in [0.3, 0.4) is 0 Å². The highest BCUT2D eigenvalue weighted by molar-refractivity contribution is 7.16. The first-order chi connectivity index (χ1) is 15.5. The van der Waals surface area contributed by atoms with Gasteiger partial charge in [-0.05, 0) is 18.2 Å². The van der Waals surface area contributed by atoms with E-state index in [1.807, 2.05) is 6.07 Å². The van der Waals surface area contributed by atoms with E-state index < -0.39 is 17.5 Å². The maximum Gasteiger partial charge on any atom is 0.279 e. The molecule has 0 saturated carbocycles. The highest BCUT2D eigenvalue weighted by atomic mass is 32.1. The molecule has 162 valence electrons. The molecular formula is C24H18F2N2O3S. The number of halogens is 2. The Morgan fingerprint density at radius 3 is 2.31 bits per heavy atom. The number of ether oxygens (including phenoxy) is 1. The van der Waals surface area contributed by atoms with Gasteiger partial charge in [-0.3, -0.25) is 9.59 Å². The third-order valence-corrected chi connectivity index (χ3v) is 5.87. The number of benzene rings is 3. The van der Waals surface area contributed by atoms with Gasteiger partial charge in [0.05, 0.1) is 16.8 Å². The van der Waals surface area contributed by atoms with Crippen molar-refractivity contribution in [2.24, 2.45) is 4.99 Å². The van der Waals surface area contributed by atoms with Crippen molar-refractivity contribution in [1.82, 2.24) is 4.57 Å². The van der Waals surface area contributed by atoms with Crippen LogP contribution in [0.1, 0.15) is 26.3 Å². The van der Waals surface area contributed by atoms with E-state index in [1.165, 1.54) is 29.9 Å². The Balaban J connectivity index is 1.69. The lowest BCUT2D eigenvalue weighted by molar-refractivity contribution is 0.0994. The summed E-state index contributed by atoms with van der Waals surface area (Å²) in [7, 11) is 1.51. The number of aromatic nitrogens is 1. The first kappa shape index (κ1) is 21.7. The molecule has 1 aromatic heterocycles. The molecule has 0 unspecified atom stereocenters. The van der Waals surface area contributed by atoms with E-state index in [1.54, 1.807) is 36.4 Å². The smallest absolute Gasteiger partial charge is 0.279 e. The average molecular weight is 452 g/mol. The second-order valence-corrected chi connectivity index (χ2v) is 7.96. The number of amides is 1. The van der Waals surface area contributed by atoms with Gasteiger partial charge in [0.15, 0.2) is 16.4 Å². The van der Waals surface area contributed by atoms with Crippen LogP contribution in [0.5, 0.6) is 0 Å². The highest BCUT2D eigenvalue weighted by Gasteiger charge is 2.15. The van der Waals surface area contributed by atoms with Crippen LogP contribution in [0.25, 0.3) is 10.2 Å². The molecule has 1 amide bonds. The third kappa shape index (κ3) is 4.42. The van der Waals surface area contributed by atoms with Crippen LogP contribution in [0, 0.1) is 11.6 Å². The van der Waals surface area contributed by atoms with Crippen LogP contribution in [0.4, 0.5) is 8.78 Å². The van der Waals surface area contributed by atoms with Gasteiger partial charge in [0.1, 0.15) is 5.82 Å². The predicted molar refractivity (Wildman–Crippen MR) is 118 cm³/mol. The number of fused-ring (bicyclic) bond motifs is 1. The van der Waals surface area contributed by atoms with Gasteiger partial charge in [0, 0.05) is 36.4 Å². The molecule has 0 bridgehead atoms. The summed E-state index contributed by atoms with van der Waals surface area (Å²) in [5.74, 6) is -2.14. The maximum absolute atomic E-state index is 14.4. The molecule has 0 N–H and O–H groups in total. The molecule has 0 aliphatic heterocycles. The molecule has 0 aliphatic carbocycles. The van der Waals surface area contributed by atoms with Crippen LogP contribution in [0.2, 0.25) is 0 Å². The minimum absolute atomic E-state index is 0.152. The summed E-state index contributed by atoms with van der Waals surface area (Å²) in [6.45, 7) is 0.510. The van der Waals surface area contributed by atoms with Crippen LogP contribution >= 0.6 is 11.3 Å². The topological polar surface area (TPSA) is 60.7 Å². The molecule has 0 saturated heterocycles. The molecule has 0 aliphatic rings. The molecule has 32 heavy (non-hydrogen) atoms. The van der Waals surface area contributed by atoms with E-state index >= 15 is 0 Å². The van der Waals surface area contributed by atoms with Gasteiger partial charge in [-0.1, -0.05) is 53.8 Å². The first-order valence-electron chi connectivity index (χ1n) is 9.74. The number of thiazole rings is 1. The summed E-state index contributed by atoms with van der Waals surface area (Å²) >= 11 is 1.02. The Morgan fingerprint density at radius 2 is 1.62 bits per heavy atom. The van der Waals surface area contributed by atoms with E-state index in [9.17, 15) is 18.4 Å². The summed E-state index contributed by atoms with van der Waals surface area (Å²) in [6, 6.07) is 17.0. The zero-order valence-electron chi connectivity index (χ0n) is 17.0. The minimum atomic E-state index is -0.731. The van der Waals surface area contributed by atoms with Crippen LogP contribution in [-0.2, 0) is 11.3 Å². The Hall–Kier alpha value is -3.49. The Morgan fingerprint density at radius 1 is 0.969 bits per heavy atom. The van der Waals surface area contributed by atoms with Crippen LogP contribution in [-0.4, -0.2) is 30.0 Å². The lowest BCUT2D eigenvalue weighted by atomic mass is 10.0. The molecule has 3 aromatic carbocycles. The van der Waals surface area contributed by atoms with Crippen molar-refractivity contribution in [1.29, 1.82) is 0 Å². The predicted octanol–water partition coefficient (Wildman–Crippen LogP) is 4.60. The lowest BCUT2D eigenvalue weighted by Gasteiger charge is -2.05. The summed E-state index contributed by atoms with van der Waals surface area (Å²) in [6.07, 6.45) is 0. The number of nitrogens with zero attached hydrogens (tertiary/aromatic N) is 2. The number of hydrogen-bond donors (Lipinski definition) is 0. The van der Waals surface area contributed by atoms with Crippen molar-refractivity contribution in [2.45, 2.75) is 6.54 Å². The monoisotopic (exact) mass is 452 g/mol. The van der Waals surface area contributed by atoms with E-state index in [4.69, 9.17) is 4.74 Å². The van der Waals surface area contributed by atoms with Crippen molar-refractivity contribution in [2.75, 3.05) is 13.7 Å². The molecule has 4 rings (SSSR count). The Labute approximate surface area is 186 Å². The molecule has 0 fully saturated rings. The molecule has 8 heteroatoms. The molecule has 0 spiro atoms. The molecule has 4 aromatic rings. The number of rotatable bonds is 6. The Bertz CT molecular complexity index is 1360. The number of ketones is 1. The minimum Gasteiger partial charge on any atom is -0.383 e. The van der Waals surface area contributed by atoms with Crippen molar-refractivity contribution < 1.29 is 23.1 Å². The van der Waals surface area contributed by atoms with Crippen molar-refractivity contribution in [3.8, 4) is 0 Å². The van der Waals surface area contributed by atoms with Crippen LogP contribution < -0.4 is 4.80 Å². The summed E-state index contributed by atoms with van der Waals surface area (Å²) < 4.78 is 35.0. The van der Waals surface area contributed by atoms with Gasteiger partial charge >= 0.3 is 0 Å². The third-order valence-electron chi connectivity index (χ3n) is 4.84. The van der Waals surface area contributed by atoms with Crippen molar-refractivity contribution >= 4 is 33.2 Å². The zero-order valence-corrected chi connectivity index (χ0v) is 17.9. The fraction of sp³-hybridized carbons (Fsp3) is 0.125. The SMILES string of the molecule is COCCn1c(=NC(=O)c2ccc(C(=O)c3ccccc3)cc2)sc2cc(F)cc(F)c21. The summed E-state index contributed by atoms with van der Waals surface area (Å²) in [5, 5.41) is 0. The van der Waals surface area contributed by atoms with E-state index in [-0.39, 0.29) is 34.8 Å². The van der Waals surface area contributed by atoms with Crippen molar-refractivity contribution in [3.63, 3.8) is 0 Å². The first-order valence-corrected chi connectivity index (χ1v) is 10.6. The second kappa shape index (κ2) is 9.33. The average Bonchev–Trinajstić information content (AvgIpc) is 3.14. The zero-order chi connectivity index (χ0) is 22.7. The molecular weight excluding hydrogens is 434 g/mol. The normalized spacial score (nSPS) is 11.8. The highest BCUT2D eigenvalue weighted by Crippen LogP contribution is 2.22. The molecule has 0 atom stereocenters. The standard InChI is InChI=1S/C24H18F2N2O3S/c1-31-12-11-28-21-19(26)13-18(25)14-20(21)32-24(28)27-23(30)17-9-7-16(8-10-17)22(29)15-5-3-2-4-6-15/h2-10,13-14H,11-12H2,1H3. The fourth-order valence-corrected chi connectivity index (χ4v) is 4.37. The second-order valence-electron chi connectivity index (χ2n) is 6.95. The number of carbonyl (C=O) groups excluding carboxylic acids is 2. The lowest BCUT2D eigenvalue weighted by Crippen LogP contribution is -2.20. The fourth-order valence-electron chi connectivity index (χ4n) is 3.28. The maximum atomic E-state index is 14.4. The largest absolute Gasteiger partial charge is 0.383 e. The number of hydrogen-bond acceptors (Lipinski definition) is 4. The quantitative estimate of drug-likeness (QED) is 0.402. The van der Waals surface area contributed by atoms with Gasteiger partial charge in [0.25, 0.3) is 5.91 Å². The van der Waals surface area contributed by atoms with Gasteiger partial charge in [0.2, 0.25) is 0 Å². The van der Waals surface area contributed by atoms with Gasteiger partial charge < -0.3 is 9.30 Å². The van der Waals surface area contributed by atoms with E-state index in [0.29, 0.717) is 15.8 Å². The summed E-state index contributed by atoms with van der Waals surface area (Å²) in [4.78, 5) is 29.7. The Kier molecular flexibility index (Phi) is 6.34. The number of carbonyl (C=O) groups is 2. The van der Waals surface area contributed by atoms with Gasteiger partial charge in [-0.2, -0.15) is 4.99 Å².